The molecule has 1 aromatic heterocycles. The number of fused-ring (bicyclic) bond motifs is 1. The molecule has 2 heterocycles. The predicted molar refractivity (Wildman–Crippen MR) is 107 cm³/mol. The summed E-state index contributed by atoms with van der Waals surface area (Å²) < 4.78 is 9.73. The second-order valence-corrected chi connectivity index (χ2v) is 7.88. The number of ether oxygens (including phenoxy) is 1. The largest absolute Gasteiger partial charge is 0.497 e. The lowest BCUT2D eigenvalue weighted by atomic mass is 10.2. The zero-order valence-corrected chi connectivity index (χ0v) is 15.9. The predicted octanol–water partition coefficient (Wildman–Crippen LogP) is 4.22. The normalized spacial score (nSPS) is 15.6. The van der Waals surface area contributed by atoms with E-state index in [0.29, 0.717) is 0 Å². The van der Waals surface area contributed by atoms with Gasteiger partial charge in [0.2, 0.25) is 0 Å². The third kappa shape index (κ3) is 3.42. The molecule has 0 unspecified atom stereocenters. The van der Waals surface area contributed by atoms with Crippen molar-refractivity contribution in [2.45, 2.75) is 6.67 Å². The molecule has 25 heavy (non-hydrogen) atoms. The second-order valence-electron chi connectivity index (χ2n) is 6.21. The van der Waals surface area contributed by atoms with Gasteiger partial charge in [-0.1, -0.05) is 12.1 Å². The lowest BCUT2D eigenvalue weighted by Gasteiger charge is -2.36. The second kappa shape index (κ2) is 7.15. The van der Waals surface area contributed by atoms with Crippen LogP contribution >= 0.6 is 23.6 Å². The molecule has 0 radical (unpaired) electrons. The SMILES string of the molecule is COc1ccc(N2CCN(Cn3c(=S)sc4ccccc43)CC2)cc1. The zero-order valence-electron chi connectivity index (χ0n) is 14.2. The Morgan fingerprint density at radius 2 is 1.72 bits per heavy atom. The van der Waals surface area contributed by atoms with E-state index in [9.17, 15) is 0 Å². The maximum Gasteiger partial charge on any atom is 0.163 e. The fourth-order valence-electron chi connectivity index (χ4n) is 3.29. The number of hydrogen-bond donors (Lipinski definition) is 0. The molecule has 0 atom stereocenters. The van der Waals surface area contributed by atoms with Crippen molar-refractivity contribution < 1.29 is 4.74 Å². The van der Waals surface area contributed by atoms with Gasteiger partial charge in [-0.25, -0.2) is 0 Å². The summed E-state index contributed by atoms with van der Waals surface area (Å²) in [4.78, 5) is 4.91. The Hall–Kier alpha value is -1.89. The number of methoxy groups -OCH3 is 1. The molecular formula is C19H21N3OS2. The van der Waals surface area contributed by atoms with E-state index in [2.05, 4.69) is 50.8 Å². The summed E-state index contributed by atoms with van der Waals surface area (Å²) in [6.45, 7) is 5.01. The number of benzene rings is 2. The molecule has 3 aromatic rings. The van der Waals surface area contributed by atoms with Crippen molar-refractivity contribution in [2.75, 3.05) is 38.2 Å². The van der Waals surface area contributed by atoms with Gasteiger partial charge in [-0.15, -0.1) is 11.3 Å². The maximum absolute atomic E-state index is 5.58. The summed E-state index contributed by atoms with van der Waals surface area (Å²) in [5.74, 6) is 0.904. The van der Waals surface area contributed by atoms with Gasteiger partial charge in [0.25, 0.3) is 0 Å². The molecule has 130 valence electrons. The van der Waals surface area contributed by atoms with Crippen molar-refractivity contribution in [3.05, 3.63) is 52.5 Å². The summed E-state index contributed by atoms with van der Waals surface area (Å²) in [7, 11) is 1.70. The first-order chi connectivity index (χ1) is 12.2. The average molecular weight is 372 g/mol. The third-order valence-corrected chi connectivity index (χ3v) is 6.16. The number of anilines is 1. The van der Waals surface area contributed by atoms with Gasteiger partial charge in [0, 0.05) is 31.9 Å². The molecule has 1 aliphatic rings. The Morgan fingerprint density at radius 1 is 1.00 bits per heavy atom. The molecule has 1 saturated heterocycles. The van der Waals surface area contributed by atoms with Crippen molar-refractivity contribution in [2.24, 2.45) is 0 Å². The van der Waals surface area contributed by atoms with Crippen LogP contribution in [-0.2, 0) is 6.67 Å². The number of thiazole rings is 1. The maximum atomic E-state index is 5.58. The highest BCUT2D eigenvalue weighted by atomic mass is 32.1. The van der Waals surface area contributed by atoms with Gasteiger partial charge in [-0.05, 0) is 48.6 Å². The lowest BCUT2D eigenvalue weighted by molar-refractivity contribution is 0.209. The van der Waals surface area contributed by atoms with E-state index in [-0.39, 0.29) is 0 Å². The van der Waals surface area contributed by atoms with Gasteiger partial charge < -0.3 is 14.2 Å². The summed E-state index contributed by atoms with van der Waals surface area (Å²) in [5, 5.41) is 0. The van der Waals surface area contributed by atoms with Crippen LogP contribution in [-0.4, -0.2) is 42.8 Å². The Labute approximate surface area is 156 Å². The highest BCUT2D eigenvalue weighted by Crippen LogP contribution is 2.24. The van der Waals surface area contributed by atoms with Crippen LogP contribution in [0.2, 0.25) is 0 Å². The van der Waals surface area contributed by atoms with E-state index in [1.807, 2.05) is 12.1 Å². The fraction of sp³-hybridized carbons (Fsp3) is 0.316. The summed E-state index contributed by atoms with van der Waals surface area (Å²) in [6.07, 6.45) is 0. The van der Waals surface area contributed by atoms with Crippen LogP contribution in [0.25, 0.3) is 10.2 Å². The number of nitrogens with zero attached hydrogens (tertiary/aromatic N) is 3. The van der Waals surface area contributed by atoms with Gasteiger partial charge in [0.1, 0.15) is 5.75 Å². The minimum Gasteiger partial charge on any atom is -0.497 e. The number of para-hydroxylation sites is 1. The molecule has 2 aromatic carbocycles. The highest BCUT2D eigenvalue weighted by molar-refractivity contribution is 7.73. The lowest BCUT2D eigenvalue weighted by Crippen LogP contribution is -2.46. The van der Waals surface area contributed by atoms with E-state index < -0.39 is 0 Å². The summed E-state index contributed by atoms with van der Waals surface area (Å²) >= 11 is 7.27. The number of rotatable bonds is 4. The topological polar surface area (TPSA) is 20.6 Å². The van der Waals surface area contributed by atoms with E-state index in [1.54, 1.807) is 18.4 Å². The van der Waals surface area contributed by atoms with Crippen LogP contribution in [0, 0.1) is 3.95 Å². The van der Waals surface area contributed by atoms with E-state index in [0.717, 1.165) is 42.6 Å². The molecular weight excluding hydrogens is 350 g/mol. The quantitative estimate of drug-likeness (QED) is 0.640. The molecule has 0 spiro atoms. The molecule has 0 saturated carbocycles. The third-order valence-electron chi connectivity index (χ3n) is 4.72. The van der Waals surface area contributed by atoms with Gasteiger partial charge in [0.15, 0.2) is 3.95 Å². The molecule has 4 nitrogen and oxygen atoms in total. The van der Waals surface area contributed by atoms with Gasteiger partial charge >= 0.3 is 0 Å². The van der Waals surface area contributed by atoms with Crippen molar-refractivity contribution in [3.63, 3.8) is 0 Å². The van der Waals surface area contributed by atoms with Gasteiger partial charge in [-0.2, -0.15) is 0 Å². The van der Waals surface area contributed by atoms with Crippen LogP contribution in [0.5, 0.6) is 5.75 Å². The number of aromatic nitrogens is 1. The van der Waals surface area contributed by atoms with E-state index >= 15 is 0 Å². The van der Waals surface area contributed by atoms with Crippen LogP contribution in [0.15, 0.2) is 48.5 Å². The molecule has 1 aliphatic heterocycles. The molecule has 0 bridgehead atoms. The van der Waals surface area contributed by atoms with Crippen molar-refractivity contribution >= 4 is 39.5 Å². The van der Waals surface area contributed by atoms with E-state index in [1.165, 1.54) is 15.9 Å². The monoisotopic (exact) mass is 371 g/mol. The first-order valence-electron chi connectivity index (χ1n) is 8.44. The van der Waals surface area contributed by atoms with Gasteiger partial charge in [-0.3, -0.25) is 4.90 Å². The highest BCUT2D eigenvalue weighted by Gasteiger charge is 2.18. The average Bonchev–Trinajstić information content (AvgIpc) is 2.98. The van der Waals surface area contributed by atoms with Crippen LogP contribution in [0.3, 0.4) is 0 Å². The van der Waals surface area contributed by atoms with Crippen molar-refractivity contribution in [3.8, 4) is 5.75 Å². The molecule has 0 amide bonds. The van der Waals surface area contributed by atoms with Gasteiger partial charge in [0.05, 0.1) is 24.0 Å². The fourth-order valence-corrected chi connectivity index (χ4v) is 4.60. The standard InChI is InChI=1S/C19H21N3OS2/c1-23-16-8-6-15(7-9-16)21-12-10-20(11-13-21)14-22-17-4-2-3-5-18(17)25-19(22)24/h2-9H,10-14H2,1H3. The Bertz CT molecular complexity index is 908. The van der Waals surface area contributed by atoms with Crippen LogP contribution < -0.4 is 9.64 Å². The number of piperazine rings is 1. The number of hydrogen-bond acceptors (Lipinski definition) is 5. The summed E-state index contributed by atoms with van der Waals surface area (Å²) in [5.41, 5.74) is 2.51. The Morgan fingerprint density at radius 3 is 2.44 bits per heavy atom. The first kappa shape index (κ1) is 16.6. The molecule has 4 rings (SSSR count). The van der Waals surface area contributed by atoms with Crippen molar-refractivity contribution in [1.29, 1.82) is 0 Å². The zero-order chi connectivity index (χ0) is 17.2. The first-order valence-corrected chi connectivity index (χ1v) is 9.67. The smallest absolute Gasteiger partial charge is 0.163 e. The summed E-state index contributed by atoms with van der Waals surface area (Å²) in [6, 6.07) is 16.8. The van der Waals surface area contributed by atoms with Crippen LogP contribution in [0.1, 0.15) is 0 Å². The minimum atomic E-state index is 0.874. The molecule has 0 aliphatic carbocycles. The van der Waals surface area contributed by atoms with E-state index in [4.69, 9.17) is 17.0 Å². The molecule has 6 heteroatoms. The minimum absolute atomic E-state index is 0.874. The Kier molecular flexibility index (Phi) is 4.74. The van der Waals surface area contributed by atoms with Crippen LogP contribution in [0.4, 0.5) is 5.69 Å². The molecule has 1 fully saturated rings. The Balaban J connectivity index is 1.43. The molecule has 0 N–H and O–H groups in total. The van der Waals surface area contributed by atoms with Crippen molar-refractivity contribution in [1.82, 2.24) is 9.47 Å².